The van der Waals surface area contributed by atoms with Gasteiger partial charge in [-0.2, -0.15) is 4.73 Å². The Labute approximate surface area is 133 Å². The molecule has 0 bridgehead atoms. The molecule has 1 aromatic heterocycles. The fourth-order valence-corrected chi connectivity index (χ4v) is 2.37. The minimum atomic E-state index is 0.376. The lowest BCUT2D eigenvalue weighted by atomic mass is 10.2. The number of halogens is 1. The summed E-state index contributed by atoms with van der Waals surface area (Å²) in [6.07, 6.45) is 1.69. The SMILES string of the molecule is C=CCOn1c(-c2ccc(OC)cc2)nc2ccc(Cl)cc21. The Balaban J connectivity index is 2.15. The third kappa shape index (κ3) is 2.65. The van der Waals surface area contributed by atoms with Gasteiger partial charge in [0, 0.05) is 10.6 Å². The molecule has 0 spiro atoms. The topological polar surface area (TPSA) is 36.3 Å². The Morgan fingerprint density at radius 1 is 1.23 bits per heavy atom. The summed E-state index contributed by atoms with van der Waals surface area (Å²) < 4.78 is 6.87. The average molecular weight is 315 g/mol. The highest BCUT2D eigenvalue weighted by molar-refractivity contribution is 6.31. The van der Waals surface area contributed by atoms with Gasteiger partial charge in [-0.05, 0) is 42.5 Å². The molecule has 0 unspecified atom stereocenters. The van der Waals surface area contributed by atoms with Crippen molar-refractivity contribution >= 4 is 22.6 Å². The van der Waals surface area contributed by atoms with E-state index < -0.39 is 0 Å². The maximum absolute atomic E-state index is 6.09. The molecule has 3 aromatic rings. The molecule has 0 N–H and O–H groups in total. The van der Waals surface area contributed by atoms with Crippen LogP contribution in [0, 0.1) is 0 Å². The molecule has 2 aromatic carbocycles. The first-order valence-electron chi connectivity index (χ1n) is 6.79. The fraction of sp³-hybridized carbons (Fsp3) is 0.118. The largest absolute Gasteiger partial charge is 0.497 e. The van der Waals surface area contributed by atoms with Crippen LogP contribution in [0.2, 0.25) is 5.02 Å². The number of methoxy groups -OCH3 is 1. The van der Waals surface area contributed by atoms with Crippen LogP contribution in [0.1, 0.15) is 0 Å². The van der Waals surface area contributed by atoms with E-state index in [0.717, 1.165) is 22.3 Å². The molecule has 0 radical (unpaired) electrons. The predicted octanol–water partition coefficient (Wildman–Crippen LogP) is 3.98. The summed E-state index contributed by atoms with van der Waals surface area (Å²) in [6, 6.07) is 13.2. The molecule has 0 saturated heterocycles. The quantitative estimate of drug-likeness (QED) is 0.668. The third-order valence-electron chi connectivity index (χ3n) is 3.24. The van der Waals surface area contributed by atoms with Crippen molar-refractivity contribution in [1.29, 1.82) is 0 Å². The highest BCUT2D eigenvalue weighted by atomic mass is 35.5. The molecule has 22 heavy (non-hydrogen) atoms. The summed E-state index contributed by atoms with van der Waals surface area (Å²) in [5, 5.41) is 0.636. The normalized spacial score (nSPS) is 10.6. The summed E-state index contributed by atoms with van der Waals surface area (Å²) in [4.78, 5) is 10.4. The molecular weight excluding hydrogens is 300 g/mol. The van der Waals surface area contributed by atoms with E-state index in [-0.39, 0.29) is 0 Å². The van der Waals surface area contributed by atoms with Crippen LogP contribution in [0.4, 0.5) is 0 Å². The summed E-state index contributed by atoms with van der Waals surface area (Å²) in [5.74, 6) is 1.50. The molecule has 112 valence electrons. The summed E-state index contributed by atoms with van der Waals surface area (Å²) in [6.45, 7) is 4.06. The number of ether oxygens (including phenoxy) is 1. The fourth-order valence-electron chi connectivity index (χ4n) is 2.21. The summed E-state index contributed by atoms with van der Waals surface area (Å²) in [5.41, 5.74) is 2.57. The molecule has 1 heterocycles. The van der Waals surface area contributed by atoms with E-state index in [1.54, 1.807) is 17.9 Å². The van der Waals surface area contributed by atoms with Gasteiger partial charge in [-0.1, -0.05) is 24.3 Å². The molecular formula is C17H15ClN2O2. The number of fused-ring (bicyclic) bond motifs is 1. The maximum atomic E-state index is 6.09. The van der Waals surface area contributed by atoms with Crippen molar-refractivity contribution < 1.29 is 9.57 Å². The summed E-state index contributed by atoms with van der Waals surface area (Å²) in [7, 11) is 1.64. The highest BCUT2D eigenvalue weighted by Gasteiger charge is 2.14. The molecule has 4 nitrogen and oxygen atoms in total. The second-order valence-corrected chi connectivity index (χ2v) is 5.11. The first-order chi connectivity index (χ1) is 10.7. The number of rotatable bonds is 5. The lowest BCUT2D eigenvalue weighted by Gasteiger charge is -2.09. The Kier molecular flexibility index (Phi) is 4.02. The van der Waals surface area contributed by atoms with E-state index in [0.29, 0.717) is 17.5 Å². The first kappa shape index (κ1) is 14.5. The van der Waals surface area contributed by atoms with Crippen molar-refractivity contribution in [2.24, 2.45) is 0 Å². The zero-order valence-electron chi connectivity index (χ0n) is 12.1. The number of hydrogen-bond acceptors (Lipinski definition) is 3. The first-order valence-corrected chi connectivity index (χ1v) is 7.17. The van der Waals surface area contributed by atoms with Gasteiger partial charge in [0.05, 0.1) is 12.6 Å². The Morgan fingerprint density at radius 3 is 2.68 bits per heavy atom. The lowest BCUT2D eigenvalue weighted by Crippen LogP contribution is -2.12. The van der Waals surface area contributed by atoms with Crippen molar-refractivity contribution in [3.63, 3.8) is 0 Å². The van der Waals surface area contributed by atoms with Gasteiger partial charge in [0.15, 0.2) is 5.82 Å². The van der Waals surface area contributed by atoms with Crippen LogP contribution in [0.25, 0.3) is 22.4 Å². The molecule has 0 aliphatic rings. The Morgan fingerprint density at radius 2 is 2.00 bits per heavy atom. The van der Waals surface area contributed by atoms with Gasteiger partial charge in [0.25, 0.3) is 0 Å². The second-order valence-electron chi connectivity index (χ2n) is 4.68. The molecule has 0 aliphatic heterocycles. The minimum absolute atomic E-state index is 0.376. The third-order valence-corrected chi connectivity index (χ3v) is 3.48. The van der Waals surface area contributed by atoms with Gasteiger partial charge in [-0.25, -0.2) is 4.98 Å². The number of benzene rings is 2. The second kappa shape index (κ2) is 6.12. The van der Waals surface area contributed by atoms with Gasteiger partial charge in [-0.15, -0.1) is 0 Å². The monoisotopic (exact) mass is 314 g/mol. The van der Waals surface area contributed by atoms with E-state index in [4.69, 9.17) is 21.2 Å². The highest BCUT2D eigenvalue weighted by Crippen LogP contribution is 2.27. The van der Waals surface area contributed by atoms with Gasteiger partial charge < -0.3 is 9.57 Å². The van der Waals surface area contributed by atoms with Crippen LogP contribution < -0.4 is 9.57 Å². The number of aromatic nitrogens is 2. The molecule has 0 atom stereocenters. The van der Waals surface area contributed by atoms with Crippen molar-refractivity contribution in [3.8, 4) is 17.1 Å². The average Bonchev–Trinajstić information content (AvgIpc) is 2.90. The van der Waals surface area contributed by atoms with E-state index in [9.17, 15) is 0 Å². The predicted molar refractivity (Wildman–Crippen MR) is 88.4 cm³/mol. The molecule has 0 aliphatic carbocycles. The van der Waals surface area contributed by atoms with Crippen molar-refractivity contribution in [2.75, 3.05) is 13.7 Å². The van der Waals surface area contributed by atoms with Crippen LogP contribution in [-0.2, 0) is 0 Å². The van der Waals surface area contributed by atoms with Crippen LogP contribution in [-0.4, -0.2) is 23.4 Å². The van der Waals surface area contributed by atoms with E-state index in [1.807, 2.05) is 42.5 Å². The van der Waals surface area contributed by atoms with Crippen molar-refractivity contribution in [2.45, 2.75) is 0 Å². The zero-order valence-corrected chi connectivity index (χ0v) is 12.9. The Hall–Kier alpha value is -2.46. The molecule has 0 saturated carbocycles. The van der Waals surface area contributed by atoms with Gasteiger partial charge in [0.1, 0.15) is 17.9 Å². The molecule has 0 amide bonds. The van der Waals surface area contributed by atoms with Gasteiger partial charge >= 0.3 is 0 Å². The molecule has 5 heteroatoms. The molecule has 0 fully saturated rings. The van der Waals surface area contributed by atoms with Crippen molar-refractivity contribution in [1.82, 2.24) is 9.71 Å². The maximum Gasteiger partial charge on any atom is 0.176 e. The summed E-state index contributed by atoms with van der Waals surface area (Å²) >= 11 is 6.09. The smallest absolute Gasteiger partial charge is 0.176 e. The lowest BCUT2D eigenvalue weighted by molar-refractivity contribution is 0.148. The zero-order chi connectivity index (χ0) is 15.5. The number of hydrogen-bond donors (Lipinski definition) is 0. The number of nitrogens with zero attached hydrogens (tertiary/aromatic N) is 2. The van der Waals surface area contributed by atoms with E-state index >= 15 is 0 Å². The number of imidazole rings is 1. The van der Waals surface area contributed by atoms with Gasteiger partial charge in [0.2, 0.25) is 0 Å². The van der Waals surface area contributed by atoms with Crippen LogP contribution in [0.5, 0.6) is 5.75 Å². The van der Waals surface area contributed by atoms with Crippen LogP contribution in [0.3, 0.4) is 0 Å². The standard InChI is InChI=1S/C17H15ClN2O2/c1-3-10-22-20-16-11-13(18)6-9-15(16)19-17(20)12-4-7-14(21-2)8-5-12/h3-9,11H,1,10H2,2H3. The molecule has 3 rings (SSSR count). The van der Waals surface area contributed by atoms with Crippen molar-refractivity contribution in [3.05, 3.63) is 60.1 Å². The van der Waals surface area contributed by atoms with E-state index in [2.05, 4.69) is 11.6 Å². The minimum Gasteiger partial charge on any atom is -0.497 e. The van der Waals surface area contributed by atoms with E-state index in [1.165, 1.54) is 0 Å². The Bertz CT molecular complexity index is 809. The van der Waals surface area contributed by atoms with Crippen LogP contribution >= 0.6 is 11.6 Å². The van der Waals surface area contributed by atoms with Gasteiger partial charge in [-0.3, -0.25) is 0 Å². The van der Waals surface area contributed by atoms with Crippen LogP contribution in [0.15, 0.2) is 55.1 Å².